The Balaban J connectivity index is 0.000000160. The Morgan fingerprint density at radius 1 is 0.875 bits per heavy atom. The van der Waals surface area contributed by atoms with E-state index in [1.54, 1.807) is 0 Å². The van der Waals surface area contributed by atoms with Gasteiger partial charge < -0.3 is 29.2 Å². The summed E-state index contributed by atoms with van der Waals surface area (Å²) in [6.07, 6.45) is 0.642. The average molecular weight is 236 g/mol. The first kappa shape index (κ1) is 13.8. The van der Waals surface area contributed by atoms with E-state index in [1.165, 1.54) is 0 Å². The molecule has 0 bridgehead atoms. The van der Waals surface area contributed by atoms with E-state index in [1.807, 2.05) is 0 Å². The predicted octanol–water partition coefficient (Wildman–Crippen LogP) is -1.21. The lowest BCUT2D eigenvalue weighted by Gasteiger charge is -1.95. The molecule has 0 radical (unpaired) electrons. The molecule has 0 saturated carbocycles. The number of hydrogen-bond acceptors (Lipinski definition) is 6. The van der Waals surface area contributed by atoms with Crippen LogP contribution in [0.15, 0.2) is 0 Å². The normalized spacial score (nSPS) is 25.9. The summed E-state index contributed by atoms with van der Waals surface area (Å²) in [7, 11) is 0. The van der Waals surface area contributed by atoms with Crippen LogP contribution in [-0.4, -0.2) is 75.3 Å². The van der Waals surface area contributed by atoms with Gasteiger partial charge in [0, 0.05) is 0 Å². The second kappa shape index (κ2) is 8.86. The highest BCUT2D eigenvalue weighted by atomic mass is 16.6. The maximum atomic E-state index is 8.23. The fraction of sp³-hybridized carbons (Fsp3) is 1.00. The van der Waals surface area contributed by atoms with Crippen molar-refractivity contribution in [3.8, 4) is 0 Å². The Morgan fingerprint density at radius 2 is 1.25 bits per heavy atom. The third kappa shape index (κ3) is 9.02. The van der Waals surface area contributed by atoms with Crippen molar-refractivity contribution in [2.75, 3.05) is 52.9 Å². The largest absolute Gasteiger partial charge is 0.394 e. The van der Waals surface area contributed by atoms with Crippen molar-refractivity contribution >= 4 is 0 Å². The van der Waals surface area contributed by atoms with Gasteiger partial charge in [0.1, 0.15) is 12.2 Å². The first-order valence-corrected chi connectivity index (χ1v) is 5.47. The fourth-order valence-electron chi connectivity index (χ4n) is 0.887. The number of ether oxygens (including phenoxy) is 4. The van der Waals surface area contributed by atoms with Crippen molar-refractivity contribution in [1.29, 1.82) is 0 Å². The minimum Gasteiger partial charge on any atom is -0.394 e. The molecule has 96 valence electrons. The lowest BCUT2D eigenvalue weighted by molar-refractivity contribution is 0.0810. The molecule has 6 heteroatoms. The first-order chi connectivity index (χ1) is 7.86. The number of rotatable bonds is 8. The van der Waals surface area contributed by atoms with E-state index in [4.69, 9.17) is 29.2 Å². The molecule has 2 rings (SSSR count). The van der Waals surface area contributed by atoms with Gasteiger partial charge in [-0.15, -0.1) is 0 Å². The van der Waals surface area contributed by atoms with E-state index in [2.05, 4.69) is 0 Å². The topological polar surface area (TPSA) is 84.0 Å². The van der Waals surface area contributed by atoms with Gasteiger partial charge >= 0.3 is 0 Å². The molecule has 0 aliphatic carbocycles. The molecule has 2 saturated heterocycles. The molecule has 2 fully saturated rings. The van der Waals surface area contributed by atoms with Crippen LogP contribution in [0.5, 0.6) is 0 Å². The summed E-state index contributed by atoms with van der Waals surface area (Å²) in [5, 5.41) is 16.5. The van der Waals surface area contributed by atoms with Crippen LogP contribution in [0.25, 0.3) is 0 Å². The van der Waals surface area contributed by atoms with Gasteiger partial charge in [-0.1, -0.05) is 0 Å². The maximum absolute atomic E-state index is 8.23. The van der Waals surface area contributed by atoms with Gasteiger partial charge in [-0.2, -0.15) is 0 Å². The summed E-state index contributed by atoms with van der Waals surface area (Å²) in [5.41, 5.74) is 0. The summed E-state index contributed by atoms with van der Waals surface area (Å²) in [5.74, 6) is 0. The highest BCUT2D eigenvalue weighted by molar-refractivity contribution is 4.67. The quantitative estimate of drug-likeness (QED) is 0.406. The van der Waals surface area contributed by atoms with Crippen LogP contribution >= 0.6 is 0 Å². The van der Waals surface area contributed by atoms with E-state index >= 15 is 0 Å². The minimum absolute atomic E-state index is 0.104. The van der Waals surface area contributed by atoms with Gasteiger partial charge in [0.05, 0.1) is 52.9 Å². The maximum Gasteiger partial charge on any atom is 0.104 e. The zero-order valence-electron chi connectivity index (χ0n) is 9.34. The van der Waals surface area contributed by atoms with Gasteiger partial charge in [0.25, 0.3) is 0 Å². The second-order valence-corrected chi connectivity index (χ2v) is 3.51. The zero-order valence-corrected chi connectivity index (χ0v) is 9.34. The van der Waals surface area contributed by atoms with Crippen LogP contribution in [0.3, 0.4) is 0 Å². The molecule has 2 heterocycles. The van der Waals surface area contributed by atoms with Crippen LogP contribution in [0.4, 0.5) is 0 Å². The molecular weight excluding hydrogens is 216 g/mol. The van der Waals surface area contributed by atoms with Crippen LogP contribution in [-0.2, 0) is 18.9 Å². The Hall–Kier alpha value is -0.240. The molecule has 0 aromatic heterocycles. The number of epoxide rings is 2. The molecule has 0 aromatic carbocycles. The molecule has 2 N–H and O–H groups in total. The molecule has 2 atom stereocenters. The van der Waals surface area contributed by atoms with Gasteiger partial charge in [-0.3, -0.25) is 0 Å². The minimum atomic E-state index is 0.104. The summed E-state index contributed by atoms with van der Waals surface area (Å²) in [4.78, 5) is 0. The molecule has 2 unspecified atom stereocenters. The number of aliphatic hydroxyl groups excluding tert-OH is 2. The van der Waals surface area contributed by atoms with Crippen molar-refractivity contribution < 1.29 is 29.2 Å². The molecule has 2 aliphatic heterocycles. The van der Waals surface area contributed by atoms with Crippen molar-refractivity contribution in [1.82, 2.24) is 0 Å². The lowest BCUT2D eigenvalue weighted by atomic mass is 10.5. The standard InChI is InChI=1S/2C5H10O3/c2*6-1-2-7-3-5-4-8-5/h2*5-6H,1-4H2. The average Bonchev–Trinajstić information content (AvgIpc) is 3.15. The van der Waals surface area contributed by atoms with Crippen LogP contribution in [0, 0.1) is 0 Å². The van der Waals surface area contributed by atoms with Crippen LogP contribution < -0.4 is 0 Å². The summed E-state index contributed by atoms with van der Waals surface area (Å²) >= 11 is 0. The summed E-state index contributed by atoms with van der Waals surface area (Å²) in [6, 6.07) is 0. The van der Waals surface area contributed by atoms with Crippen molar-refractivity contribution in [2.45, 2.75) is 12.2 Å². The van der Waals surface area contributed by atoms with Crippen molar-refractivity contribution in [3.05, 3.63) is 0 Å². The third-order valence-electron chi connectivity index (χ3n) is 1.88. The summed E-state index contributed by atoms with van der Waals surface area (Å²) < 4.78 is 19.6. The molecule has 2 aliphatic rings. The number of hydrogen-bond donors (Lipinski definition) is 2. The van der Waals surface area contributed by atoms with E-state index < -0.39 is 0 Å². The van der Waals surface area contributed by atoms with E-state index in [0.717, 1.165) is 13.2 Å². The molecule has 16 heavy (non-hydrogen) atoms. The SMILES string of the molecule is OCCOCC1CO1.OCCOCC1CO1. The van der Waals surface area contributed by atoms with Crippen LogP contribution in [0.2, 0.25) is 0 Å². The molecule has 6 nitrogen and oxygen atoms in total. The number of aliphatic hydroxyl groups is 2. The summed E-state index contributed by atoms with van der Waals surface area (Å²) in [6.45, 7) is 4.00. The zero-order chi connectivity index (χ0) is 11.6. The van der Waals surface area contributed by atoms with Gasteiger partial charge in [0.2, 0.25) is 0 Å². The molecular formula is C10H20O6. The third-order valence-corrected chi connectivity index (χ3v) is 1.88. The van der Waals surface area contributed by atoms with Crippen LogP contribution in [0.1, 0.15) is 0 Å². The highest BCUT2D eigenvalue weighted by Gasteiger charge is 2.22. The first-order valence-electron chi connectivity index (χ1n) is 5.47. The Labute approximate surface area is 95.1 Å². The Morgan fingerprint density at radius 3 is 1.50 bits per heavy atom. The van der Waals surface area contributed by atoms with E-state index in [-0.39, 0.29) is 13.2 Å². The van der Waals surface area contributed by atoms with Gasteiger partial charge in [-0.25, -0.2) is 0 Å². The predicted molar refractivity (Wildman–Crippen MR) is 55.3 cm³/mol. The molecule has 0 aromatic rings. The molecule has 0 spiro atoms. The van der Waals surface area contributed by atoms with E-state index in [0.29, 0.717) is 38.6 Å². The molecule has 0 amide bonds. The lowest BCUT2D eigenvalue weighted by Crippen LogP contribution is -2.04. The Kier molecular flexibility index (Phi) is 7.65. The smallest absolute Gasteiger partial charge is 0.104 e. The van der Waals surface area contributed by atoms with Gasteiger partial charge in [-0.05, 0) is 0 Å². The second-order valence-electron chi connectivity index (χ2n) is 3.51. The van der Waals surface area contributed by atoms with Gasteiger partial charge in [0.15, 0.2) is 0 Å². The monoisotopic (exact) mass is 236 g/mol. The highest BCUT2D eigenvalue weighted by Crippen LogP contribution is 2.08. The Bertz CT molecular complexity index is 139. The fourth-order valence-corrected chi connectivity index (χ4v) is 0.887. The van der Waals surface area contributed by atoms with Crippen molar-refractivity contribution in [2.24, 2.45) is 0 Å². The van der Waals surface area contributed by atoms with Crippen molar-refractivity contribution in [3.63, 3.8) is 0 Å². The van der Waals surface area contributed by atoms with E-state index in [9.17, 15) is 0 Å².